The van der Waals surface area contributed by atoms with Crippen molar-refractivity contribution in [3.63, 3.8) is 0 Å². The molecule has 0 unspecified atom stereocenters. The molecule has 2 N–H and O–H groups in total. The average molecular weight is 368 g/mol. The Bertz CT molecular complexity index is 688. The molecule has 0 bridgehead atoms. The van der Waals surface area contributed by atoms with E-state index in [1.54, 1.807) is 13.0 Å². The number of carbonyl (C=O) groups excluding carboxylic acids is 2. The highest BCUT2D eigenvalue weighted by Gasteiger charge is 2.08. The molecule has 0 aliphatic rings. The van der Waals surface area contributed by atoms with Gasteiger partial charge in [-0.15, -0.1) is 11.8 Å². The molecule has 0 saturated heterocycles. The molecule has 0 atom stereocenters. The van der Waals surface area contributed by atoms with Gasteiger partial charge in [0.05, 0.1) is 11.5 Å². The van der Waals surface area contributed by atoms with Crippen molar-refractivity contribution in [1.29, 1.82) is 0 Å². The summed E-state index contributed by atoms with van der Waals surface area (Å²) in [6, 6.07) is 9.14. The molecule has 0 saturated carbocycles. The van der Waals surface area contributed by atoms with Crippen molar-refractivity contribution in [2.24, 2.45) is 0 Å². The first kappa shape index (κ1) is 18.4. The standard InChI is InChI=1S/C16H18ClN3O3S/c1-11-8-14(20-23-11)19-16(22)10-24-9-15(21)18-7-6-12-2-4-13(17)5-3-12/h2-5,8H,6-7,9-10H2,1H3,(H,18,21)(H,19,20,22). The maximum Gasteiger partial charge on any atom is 0.235 e. The van der Waals surface area contributed by atoms with Crippen LogP contribution in [0.1, 0.15) is 11.3 Å². The minimum absolute atomic E-state index is 0.0981. The van der Waals surface area contributed by atoms with Gasteiger partial charge in [0.15, 0.2) is 5.82 Å². The van der Waals surface area contributed by atoms with Crippen LogP contribution >= 0.6 is 23.4 Å². The minimum atomic E-state index is -0.220. The zero-order valence-electron chi connectivity index (χ0n) is 13.2. The van der Waals surface area contributed by atoms with E-state index in [4.69, 9.17) is 16.1 Å². The van der Waals surface area contributed by atoms with Crippen LogP contribution in [-0.2, 0) is 16.0 Å². The molecular weight excluding hydrogens is 350 g/mol. The molecule has 6 nitrogen and oxygen atoms in total. The van der Waals surface area contributed by atoms with Crippen LogP contribution in [0.4, 0.5) is 5.82 Å². The van der Waals surface area contributed by atoms with Crippen LogP contribution in [0.15, 0.2) is 34.9 Å². The average Bonchev–Trinajstić information content (AvgIpc) is 2.94. The predicted molar refractivity (Wildman–Crippen MR) is 95.4 cm³/mol. The van der Waals surface area contributed by atoms with E-state index in [1.165, 1.54) is 11.8 Å². The summed E-state index contributed by atoms with van der Waals surface area (Å²) in [4.78, 5) is 23.4. The summed E-state index contributed by atoms with van der Waals surface area (Å²) in [6.07, 6.45) is 0.736. The molecule has 1 heterocycles. The number of nitrogens with zero attached hydrogens (tertiary/aromatic N) is 1. The molecule has 1 aromatic heterocycles. The smallest absolute Gasteiger partial charge is 0.235 e. The quantitative estimate of drug-likeness (QED) is 0.749. The second-order valence-corrected chi connectivity index (χ2v) is 6.51. The maximum atomic E-state index is 11.7. The van der Waals surface area contributed by atoms with Gasteiger partial charge in [-0.3, -0.25) is 9.59 Å². The van der Waals surface area contributed by atoms with Gasteiger partial charge in [-0.2, -0.15) is 0 Å². The lowest BCUT2D eigenvalue weighted by atomic mass is 10.1. The van der Waals surface area contributed by atoms with E-state index in [0.717, 1.165) is 12.0 Å². The first-order chi connectivity index (χ1) is 11.5. The van der Waals surface area contributed by atoms with Gasteiger partial charge in [0, 0.05) is 17.6 Å². The number of aromatic nitrogens is 1. The van der Waals surface area contributed by atoms with Gasteiger partial charge < -0.3 is 15.2 Å². The summed E-state index contributed by atoms with van der Waals surface area (Å²) in [5.74, 6) is 1.09. The number of benzene rings is 1. The van der Waals surface area contributed by atoms with Gasteiger partial charge in [0.2, 0.25) is 11.8 Å². The minimum Gasteiger partial charge on any atom is -0.360 e. The van der Waals surface area contributed by atoms with E-state index in [-0.39, 0.29) is 23.3 Å². The maximum absolute atomic E-state index is 11.7. The SMILES string of the molecule is Cc1cc(NC(=O)CSCC(=O)NCCc2ccc(Cl)cc2)no1. The van der Waals surface area contributed by atoms with Crippen molar-refractivity contribution >= 4 is 41.0 Å². The number of halogens is 1. The monoisotopic (exact) mass is 367 g/mol. The van der Waals surface area contributed by atoms with Gasteiger partial charge in [-0.1, -0.05) is 28.9 Å². The van der Waals surface area contributed by atoms with Crippen molar-refractivity contribution in [2.45, 2.75) is 13.3 Å². The summed E-state index contributed by atoms with van der Waals surface area (Å²) in [5, 5.41) is 9.78. The second-order valence-electron chi connectivity index (χ2n) is 5.09. The van der Waals surface area contributed by atoms with E-state index >= 15 is 0 Å². The Morgan fingerprint density at radius 1 is 1.21 bits per heavy atom. The number of rotatable bonds is 8. The Kier molecular flexibility index (Phi) is 7.14. The molecule has 2 rings (SSSR count). The van der Waals surface area contributed by atoms with E-state index in [9.17, 15) is 9.59 Å². The lowest BCUT2D eigenvalue weighted by molar-refractivity contribution is -0.118. The Morgan fingerprint density at radius 3 is 2.58 bits per heavy atom. The van der Waals surface area contributed by atoms with Crippen LogP contribution in [0.2, 0.25) is 5.02 Å². The number of hydrogen-bond donors (Lipinski definition) is 2. The molecule has 0 spiro atoms. The number of anilines is 1. The summed E-state index contributed by atoms with van der Waals surface area (Å²) in [7, 11) is 0. The molecule has 0 radical (unpaired) electrons. The van der Waals surface area contributed by atoms with Crippen molar-refractivity contribution in [2.75, 3.05) is 23.4 Å². The van der Waals surface area contributed by atoms with Gasteiger partial charge in [-0.05, 0) is 31.0 Å². The lowest BCUT2D eigenvalue weighted by Gasteiger charge is -2.05. The third kappa shape index (κ3) is 6.64. The molecule has 24 heavy (non-hydrogen) atoms. The molecule has 2 aromatic rings. The number of aryl methyl sites for hydroxylation is 1. The number of hydrogen-bond acceptors (Lipinski definition) is 5. The fraction of sp³-hybridized carbons (Fsp3) is 0.312. The van der Waals surface area contributed by atoms with Crippen molar-refractivity contribution in [3.05, 3.63) is 46.7 Å². The van der Waals surface area contributed by atoms with Gasteiger partial charge in [0.1, 0.15) is 5.76 Å². The van der Waals surface area contributed by atoms with Crippen LogP contribution < -0.4 is 10.6 Å². The summed E-state index contributed by atoms with van der Waals surface area (Å²) in [6.45, 7) is 2.29. The first-order valence-corrected chi connectivity index (χ1v) is 8.88. The zero-order chi connectivity index (χ0) is 17.4. The largest absolute Gasteiger partial charge is 0.360 e. The number of nitrogens with one attached hydrogen (secondary N) is 2. The molecule has 1 aromatic carbocycles. The first-order valence-electron chi connectivity index (χ1n) is 7.35. The molecule has 0 fully saturated rings. The summed E-state index contributed by atoms with van der Waals surface area (Å²) < 4.78 is 4.85. The van der Waals surface area contributed by atoms with Gasteiger partial charge in [-0.25, -0.2) is 0 Å². The summed E-state index contributed by atoms with van der Waals surface area (Å²) in [5.41, 5.74) is 1.11. The highest BCUT2D eigenvalue weighted by atomic mass is 35.5. The number of carbonyl (C=O) groups is 2. The van der Waals surface area contributed by atoms with E-state index in [1.807, 2.05) is 24.3 Å². The molecule has 2 amide bonds. The fourth-order valence-electron chi connectivity index (χ4n) is 1.89. The molecule has 8 heteroatoms. The van der Waals surface area contributed by atoms with Crippen LogP contribution in [-0.4, -0.2) is 35.0 Å². The fourth-order valence-corrected chi connectivity index (χ4v) is 2.66. The van der Waals surface area contributed by atoms with Crippen molar-refractivity contribution in [1.82, 2.24) is 10.5 Å². The van der Waals surface area contributed by atoms with E-state index in [2.05, 4.69) is 15.8 Å². The normalized spacial score (nSPS) is 10.4. The Hall–Kier alpha value is -1.99. The van der Waals surface area contributed by atoms with Crippen LogP contribution in [0.25, 0.3) is 0 Å². The zero-order valence-corrected chi connectivity index (χ0v) is 14.7. The van der Waals surface area contributed by atoms with Gasteiger partial charge in [0.25, 0.3) is 0 Å². The third-order valence-corrected chi connectivity index (χ3v) is 4.20. The second kappa shape index (κ2) is 9.34. The molecular formula is C16H18ClN3O3S. The number of thioether (sulfide) groups is 1. The van der Waals surface area contributed by atoms with Gasteiger partial charge >= 0.3 is 0 Å². The molecule has 128 valence electrons. The van der Waals surface area contributed by atoms with Crippen LogP contribution in [0.3, 0.4) is 0 Å². The molecule has 0 aliphatic heterocycles. The van der Waals surface area contributed by atoms with E-state index < -0.39 is 0 Å². The van der Waals surface area contributed by atoms with E-state index in [0.29, 0.717) is 23.1 Å². The third-order valence-electron chi connectivity index (χ3n) is 3.01. The Labute approximate surface area is 149 Å². The lowest BCUT2D eigenvalue weighted by Crippen LogP contribution is -2.28. The highest BCUT2D eigenvalue weighted by molar-refractivity contribution is 8.00. The Morgan fingerprint density at radius 2 is 1.92 bits per heavy atom. The molecule has 0 aliphatic carbocycles. The number of amides is 2. The van der Waals surface area contributed by atoms with Crippen LogP contribution in [0.5, 0.6) is 0 Å². The topological polar surface area (TPSA) is 84.2 Å². The van der Waals surface area contributed by atoms with Crippen LogP contribution in [0, 0.1) is 6.92 Å². The Balaban J connectivity index is 1.57. The van der Waals surface area contributed by atoms with Crippen molar-refractivity contribution in [3.8, 4) is 0 Å². The predicted octanol–water partition coefficient (Wildman–Crippen LogP) is 2.67. The highest BCUT2D eigenvalue weighted by Crippen LogP contribution is 2.10. The van der Waals surface area contributed by atoms with Crippen molar-refractivity contribution < 1.29 is 14.1 Å². The summed E-state index contributed by atoms with van der Waals surface area (Å²) >= 11 is 7.06.